The number of anilines is 1. The second-order valence-electron chi connectivity index (χ2n) is 7.32. The molecule has 2 aromatic rings. The number of hydrogen-bond donors (Lipinski definition) is 1. The van der Waals surface area contributed by atoms with Crippen molar-refractivity contribution in [3.8, 4) is 0 Å². The zero-order chi connectivity index (χ0) is 21.0. The highest BCUT2D eigenvalue weighted by molar-refractivity contribution is 5.93. The molecule has 1 aromatic heterocycles. The summed E-state index contributed by atoms with van der Waals surface area (Å²) in [6.45, 7) is 8.54. The van der Waals surface area contributed by atoms with Gasteiger partial charge in [0.1, 0.15) is 18.9 Å². The van der Waals surface area contributed by atoms with Crippen molar-refractivity contribution >= 4 is 17.8 Å². The minimum absolute atomic E-state index is 0.0433. The first-order valence-electron chi connectivity index (χ1n) is 9.80. The third kappa shape index (κ3) is 4.31. The standard InChI is InChI=1S/C21H27N5O3/c1-5-29-20(28)18-15(4)25(12-17(27)22-11-14(2)3)21-23-13-24-26(21)19(18)16-9-7-6-8-10-16/h6-10,13-14,19H,5,11-12H2,1-4H3,(H,22,27)/t19-/m0/s1. The van der Waals surface area contributed by atoms with Crippen molar-refractivity contribution in [1.82, 2.24) is 20.1 Å². The number of amides is 1. The number of benzene rings is 1. The third-order valence-electron chi connectivity index (χ3n) is 4.73. The molecule has 1 N–H and O–H groups in total. The maximum atomic E-state index is 12.9. The fraction of sp³-hybridized carbons (Fsp3) is 0.429. The van der Waals surface area contributed by atoms with E-state index in [9.17, 15) is 9.59 Å². The monoisotopic (exact) mass is 397 g/mol. The molecule has 1 amide bonds. The fourth-order valence-electron chi connectivity index (χ4n) is 3.35. The number of esters is 1. The van der Waals surface area contributed by atoms with Crippen molar-refractivity contribution in [3.63, 3.8) is 0 Å². The summed E-state index contributed by atoms with van der Waals surface area (Å²) in [5.74, 6) is 0.295. The van der Waals surface area contributed by atoms with E-state index in [2.05, 4.69) is 15.4 Å². The molecule has 0 spiro atoms. The van der Waals surface area contributed by atoms with Gasteiger partial charge in [0.15, 0.2) is 0 Å². The molecule has 8 nitrogen and oxygen atoms in total. The van der Waals surface area contributed by atoms with Gasteiger partial charge < -0.3 is 15.0 Å². The van der Waals surface area contributed by atoms with E-state index in [1.54, 1.807) is 16.5 Å². The number of rotatable bonds is 7. The Bertz CT molecular complexity index is 904. The summed E-state index contributed by atoms with van der Waals surface area (Å²) in [6.07, 6.45) is 1.44. The van der Waals surface area contributed by atoms with Gasteiger partial charge in [0.05, 0.1) is 12.2 Å². The number of nitrogens with zero attached hydrogens (tertiary/aromatic N) is 4. The topological polar surface area (TPSA) is 89.3 Å². The van der Waals surface area contributed by atoms with Crippen LogP contribution in [-0.4, -0.2) is 46.3 Å². The van der Waals surface area contributed by atoms with Gasteiger partial charge in [0.2, 0.25) is 11.9 Å². The van der Waals surface area contributed by atoms with Crippen molar-refractivity contribution in [1.29, 1.82) is 0 Å². The van der Waals surface area contributed by atoms with E-state index in [1.165, 1.54) is 6.33 Å². The lowest BCUT2D eigenvalue weighted by atomic mass is 9.95. The Balaban J connectivity index is 2.04. The van der Waals surface area contributed by atoms with Crippen LogP contribution in [0.4, 0.5) is 5.95 Å². The molecular formula is C21H27N5O3. The predicted molar refractivity (Wildman–Crippen MR) is 109 cm³/mol. The van der Waals surface area contributed by atoms with Crippen molar-refractivity contribution in [3.05, 3.63) is 53.5 Å². The highest BCUT2D eigenvalue weighted by atomic mass is 16.5. The normalized spacial score (nSPS) is 16.0. The molecule has 0 unspecified atom stereocenters. The van der Waals surface area contributed by atoms with Gasteiger partial charge in [0.25, 0.3) is 0 Å². The molecule has 3 rings (SSSR count). The average molecular weight is 397 g/mol. The van der Waals surface area contributed by atoms with E-state index >= 15 is 0 Å². The van der Waals surface area contributed by atoms with Crippen LogP contribution in [0.2, 0.25) is 0 Å². The number of aromatic nitrogens is 3. The van der Waals surface area contributed by atoms with Crippen LogP contribution in [0, 0.1) is 5.92 Å². The van der Waals surface area contributed by atoms with Crippen molar-refractivity contribution < 1.29 is 14.3 Å². The van der Waals surface area contributed by atoms with Crippen molar-refractivity contribution in [2.24, 2.45) is 5.92 Å². The lowest BCUT2D eigenvalue weighted by Gasteiger charge is -2.35. The lowest BCUT2D eigenvalue weighted by Crippen LogP contribution is -2.43. The number of carbonyl (C=O) groups is 2. The van der Waals surface area contributed by atoms with Crippen LogP contribution >= 0.6 is 0 Å². The molecule has 0 saturated heterocycles. The molecule has 154 valence electrons. The van der Waals surface area contributed by atoms with Gasteiger partial charge in [-0.25, -0.2) is 9.48 Å². The molecular weight excluding hydrogens is 370 g/mol. The fourth-order valence-corrected chi connectivity index (χ4v) is 3.35. The second kappa shape index (κ2) is 8.89. The Morgan fingerprint density at radius 3 is 2.62 bits per heavy atom. The minimum atomic E-state index is -0.470. The summed E-state index contributed by atoms with van der Waals surface area (Å²) in [5.41, 5.74) is 1.98. The van der Waals surface area contributed by atoms with Gasteiger partial charge >= 0.3 is 5.97 Å². The Kier molecular flexibility index (Phi) is 6.31. The van der Waals surface area contributed by atoms with E-state index in [4.69, 9.17) is 4.74 Å². The molecule has 0 bridgehead atoms. The molecule has 2 heterocycles. The first kappa shape index (κ1) is 20.6. The second-order valence-corrected chi connectivity index (χ2v) is 7.32. The highest BCUT2D eigenvalue weighted by Gasteiger charge is 2.38. The van der Waals surface area contributed by atoms with E-state index in [1.807, 2.05) is 51.1 Å². The molecule has 8 heteroatoms. The van der Waals surface area contributed by atoms with E-state index in [-0.39, 0.29) is 19.1 Å². The Labute approximate surface area is 170 Å². The number of hydrogen-bond acceptors (Lipinski definition) is 6. The van der Waals surface area contributed by atoms with Gasteiger partial charge in [-0.3, -0.25) is 4.79 Å². The van der Waals surface area contributed by atoms with E-state index < -0.39 is 12.0 Å². The number of fused-ring (bicyclic) bond motifs is 1. The molecule has 1 aliphatic heterocycles. The van der Waals surface area contributed by atoms with Gasteiger partial charge in [-0.05, 0) is 25.3 Å². The molecule has 0 radical (unpaired) electrons. The summed E-state index contributed by atoms with van der Waals surface area (Å²) >= 11 is 0. The van der Waals surface area contributed by atoms with Crippen LogP contribution in [0.3, 0.4) is 0 Å². The van der Waals surface area contributed by atoms with Crippen LogP contribution in [0.5, 0.6) is 0 Å². The van der Waals surface area contributed by atoms with Crippen molar-refractivity contribution in [2.45, 2.75) is 33.7 Å². The van der Waals surface area contributed by atoms with Gasteiger partial charge in [-0.2, -0.15) is 10.1 Å². The maximum Gasteiger partial charge on any atom is 0.338 e. The van der Waals surface area contributed by atoms with E-state index in [0.29, 0.717) is 29.7 Å². The first-order valence-corrected chi connectivity index (χ1v) is 9.80. The molecule has 1 aliphatic rings. The largest absolute Gasteiger partial charge is 0.463 e. The summed E-state index contributed by atoms with van der Waals surface area (Å²) < 4.78 is 7.01. The van der Waals surface area contributed by atoms with Crippen LogP contribution in [-0.2, 0) is 14.3 Å². The summed E-state index contributed by atoms with van der Waals surface area (Å²) in [7, 11) is 0. The number of ether oxygens (including phenoxy) is 1. The lowest BCUT2D eigenvalue weighted by molar-refractivity contribution is -0.139. The minimum Gasteiger partial charge on any atom is -0.463 e. The summed E-state index contributed by atoms with van der Waals surface area (Å²) in [6, 6.07) is 9.15. The zero-order valence-electron chi connectivity index (χ0n) is 17.3. The summed E-state index contributed by atoms with van der Waals surface area (Å²) in [5, 5.41) is 7.27. The Morgan fingerprint density at radius 1 is 1.24 bits per heavy atom. The van der Waals surface area contributed by atoms with Crippen LogP contribution in [0.25, 0.3) is 0 Å². The van der Waals surface area contributed by atoms with Gasteiger partial charge in [0, 0.05) is 12.2 Å². The maximum absolute atomic E-state index is 12.9. The zero-order valence-corrected chi connectivity index (χ0v) is 17.3. The van der Waals surface area contributed by atoms with E-state index in [0.717, 1.165) is 5.56 Å². The SMILES string of the molecule is CCOC(=O)C1=C(C)N(CC(=O)NCC(C)C)c2ncnn2[C@H]1c1ccccc1. The molecule has 0 aliphatic carbocycles. The smallest absolute Gasteiger partial charge is 0.338 e. The third-order valence-corrected chi connectivity index (χ3v) is 4.73. The predicted octanol–water partition coefficient (Wildman–Crippen LogP) is 2.30. The number of carbonyl (C=O) groups excluding carboxylic acids is 2. The van der Waals surface area contributed by atoms with Crippen LogP contribution in [0.15, 0.2) is 47.9 Å². The number of nitrogens with one attached hydrogen (secondary N) is 1. The Hall–Kier alpha value is -3.16. The van der Waals surface area contributed by atoms with Crippen LogP contribution in [0.1, 0.15) is 39.3 Å². The molecule has 1 aromatic carbocycles. The van der Waals surface area contributed by atoms with Gasteiger partial charge in [-0.1, -0.05) is 44.2 Å². The quantitative estimate of drug-likeness (QED) is 0.721. The van der Waals surface area contributed by atoms with Crippen LogP contribution < -0.4 is 10.2 Å². The Morgan fingerprint density at radius 2 is 1.97 bits per heavy atom. The first-order chi connectivity index (χ1) is 13.9. The number of allylic oxidation sites excluding steroid dienone is 1. The molecule has 29 heavy (non-hydrogen) atoms. The van der Waals surface area contributed by atoms with Gasteiger partial charge in [-0.15, -0.1) is 0 Å². The molecule has 1 atom stereocenters. The average Bonchev–Trinajstić information content (AvgIpc) is 3.18. The summed E-state index contributed by atoms with van der Waals surface area (Å²) in [4.78, 5) is 31.5. The highest BCUT2D eigenvalue weighted by Crippen LogP contribution is 2.38. The van der Waals surface area contributed by atoms with Crippen molar-refractivity contribution in [2.75, 3.05) is 24.6 Å². The molecule has 0 fully saturated rings. The molecule has 0 saturated carbocycles.